The maximum Gasteiger partial charge on any atom is 0.387 e. The molecule has 0 radical (unpaired) electrons. The zero-order valence-corrected chi connectivity index (χ0v) is 11.1. The Bertz CT molecular complexity index is 474. The number of rotatable bonds is 5. The first-order valence-electron chi connectivity index (χ1n) is 6.63. The molecule has 20 heavy (non-hydrogen) atoms. The number of nitrogens with two attached hydrogens (primary N) is 1. The quantitative estimate of drug-likeness (QED) is 0.873. The van der Waals surface area contributed by atoms with Gasteiger partial charge in [0.25, 0.3) is 0 Å². The average Bonchev–Trinajstić information content (AvgIpc) is 2.90. The minimum Gasteiger partial charge on any atom is -0.433 e. The van der Waals surface area contributed by atoms with Gasteiger partial charge in [-0.3, -0.25) is 4.79 Å². The van der Waals surface area contributed by atoms with Gasteiger partial charge in [-0.05, 0) is 25.0 Å². The summed E-state index contributed by atoms with van der Waals surface area (Å²) >= 11 is 0. The van der Waals surface area contributed by atoms with Crippen LogP contribution in [-0.2, 0) is 4.79 Å². The van der Waals surface area contributed by atoms with E-state index < -0.39 is 12.0 Å². The monoisotopic (exact) mass is 284 g/mol. The van der Waals surface area contributed by atoms with Gasteiger partial charge in [-0.25, -0.2) is 0 Å². The first-order chi connectivity index (χ1) is 9.57. The third-order valence-corrected chi connectivity index (χ3v) is 3.78. The Morgan fingerprint density at radius 2 is 2.00 bits per heavy atom. The number of amides is 1. The second-order valence-corrected chi connectivity index (χ2v) is 5.02. The van der Waals surface area contributed by atoms with Crippen LogP contribution in [0.1, 0.15) is 25.7 Å². The van der Waals surface area contributed by atoms with Crippen LogP contribution in [0.3, 0.4) is 0 Å². The number of hydrogen-bond donors (Lipinski definition) is 2. The Kier molecular flexibility index (Phi) is 4.54. The second kappa shape index (κ2) is 6.17. The van der Waals surface area contributed by atoms with Gasteiger partial charge in [-0.1, -0.05) is 25.0 Å². The van der Waals surface area contributed by atoms with Gasteiger partial charge in [0.05, 0.1) is 11.1 Å². The molecule has 1 fully saturated rings. The third-order valence-electron chi connectivity index (χ3n) is 3.78. The molecular formula is C14H18F2N2O2. The van der Waals surface area contributed by atoms with E-state index in [1.165, 1.54) is 12.1 Å². The van der Waals surface area contributed by atoms with Crippen molar-refractivity contribution in [1.82, 2.24) is 0 Å². The molecule has 1 aromatic carbocycles. The highest BCUT2D eigenvalue weighted by molar-refractivity contribution is 5.96. The molecule has 1 aromatic rings. The second-order valence-electron chi connectivity index (χ2n) is 5.02. The SMILES string of the molecule is NCC1(C(=O)Nc2ccccc2OC(F)F)CCCC1. The summed E-state index contributed by atoms with van der Waals surface area (Å²) in [7, 11) is 0. The van der Waals surface area contributed by atoms with Crippen molar-refractivity contribution in [2.75, 3.05) is 11.9 Å². The van der Waals surface area contributed by atoms with E-state index in [9.17, 15) is 13.6 Å². The van der Waals surface area contributed by atoms with E-state index in [0.717, 1.165) is 25.7 Å². The average molecular weight is 284 g/mol. The van der Waals surface area contributed by atoms with Crippen LogP contribution in [0, 0.1) is 5.41 Å². The molecule has 1 saturated carbocycles. The van der Waals surface area contributed by atoms with E-state index in [1.807, 2.05) is 0 Å². The summed E-state index contributed by atoms with van der Waals surface area (Å²) in [5.74, 6) is -0.260. The number of para-hydroxylation sites is 2. The minimum absolute atomic E-state index is 0.0407. The molecule has 0 aliphatic heterocycles. The molecule has 0 saturated heterocycles. The van der Waals surface area contributed by atoms with Crippen LogP contribution in [-0.4, -0.2) is 19.1 Å². The fourth-order valence-corrected chi connectivity index (χ4v) is 2.60. The molecular weight excluding hydrogens is 266 g/mol. The van der Waals surface area contributed by atoms with Gasteiger partial charge in [0.15, 0.2) is 0 Å². The molecule has 110 valence electrons. The summed E-state index contributed by atoms with van der Waals surface area (Å²) in [6.45, 7) is -2.67. The number of carbonyl (C=O) groups excluding carboxylic acids is 1. The summed E-state index contributed by atoms with van der Waals surface area (Å²) in [4.78, 5) is 12.4. The van der Waals surface area contributed by atoms with Crippen molar-refractivity contribution in [2.45, 2.75) is 32.3 Å². The van der Waals surface area contributed by atoms with Crippen molar-refractivity contribution >= 4 is 11.6 Å². The zero-order valence-electron chi connectivity index (χ0n) is 11.1. The van der Waals surface area contributed by atoms with Crippen LogP contribution in [0.5, 0.6) is 5.75 Å². The highest BCUT2D eigenvalue weighted by atomic mass is 19.3. The van der Waals surface area contributed by atoms with Gasteiger partial charge in [-0.2, -0.15) is 8.78 Å². The lowest BCUT2D eigenvalue weighted by atomic mass is 9.85. The molecule has 0 unspecified atom stereocenters. The fraction of sp³-hybridized carbons (Fsp3) is 0.500. The van der Waals surface area contributed by atoms with Gasteiger partial charge in [0.1, 0.15) is 5.75 Å². The molecule has 6 heteroatoms. The molecule has 1 aliphatic carbocycles. The Labute approximate surface area is 116 Å². The molecule has 0 spiro atoms. The van der Waals surface area contributed by atoms with E-state index in [2.05, 4.69) is 10.1 Å². The van der Waals surface area contributed by atoms with Crippen LogP contribution in [0.2, 0.25) is 0 Å². The first kappa shape index (κ1) is 14.7. The Morgan fingerprint density at radius 1 is 1.35 bits per heavy atom. The van der Waals surface area contributed by atoms with Gasteiger partial charge in [-0.15, -0.1) is 0 Å². The predicted octanol–water partition coefficient (Wildman–Crippen LogP) is 2.75. The number of nitrogens with one attached hydrogen (secondary N) is 1. The standard InChI is InChI=1S/C14H18F2N2O2/c15-13(16)20-11-6-2-1-5-10(11)18-12(19)14(9-17)7-3-4-8-14/h1-2,5-6,13H,3-4,7-9,17H2,(H,18,19). The van der Waals surface area contributed by atoms with Crippen molar-refractivity contribution in [2.24, 2.45) is 11.1 Å². The van der Waals surface area contributed by atoms with E-state index in [1.54, 1.807) is 12.1 Å². The maximum atomic E-state index is 12.4. The summed E-state index contributed by atoms with van der Waals surface area (Å²) in [5, 5.41) is 2.67. The lowest BCUT2D eigenvalue weighted by Crippen LogP contribution is -2.40. The number of hydrogen-bond acceptors (Lipinski definition) is 3. The molecule has 0 heterocycles. The summed E-state index contributed by atoms with van der Waals surface area (Å²) in [5.41, 5.74) is 5.39. The van der Waals surface area contributed by atoms with Crippen molar-refractivity contribution < 1.29 is 18.3 Å². The topological polar surface area (TPSA) is 64.4 Å². The lowest BCUT2D eigenvalue weighted by molar-refractivity contribution is -0.124. The fourth-order valence-electron chi connectivity index (χ4n) is 2.60. The van der Waals surface area contributed by atoms with Crippen LogP contribution in [0.15, 0.2) is 24.3 Å². The van der Waals surface area contributed by atoms with Gasteiger partial charge in [0, 0.05) is 6.54 Å². The van der Waals surface area contributed by atoms with E-state index >= 15 is 0 Å². The predicted molar refractivity (Wildman–Crippen MR) is 71.7 cm³/mol. The number of alkyl halides is 2. The molecule has 2 rings (SSSR count). The normalized spacial score (nSPS) is 17.2. The Balaban J connectivity index is 2.15. The highest BCUT2D eigenvalue weighted by Gasteiger charge is 2.40. The largest absolute Gasteiger partial charge is 0.433 e. The molecule has 4 nitrogen and oxygen atoms in total. The number of carbonyl (C=O) groups is 1. The van der Waals surface area contributed by atoms with Crippen LogP contribution in [0.25, 0.3) is 0 Å². The van der Waals surface area contributed by atoms with Gasteiger partial charge < -0.3 is 15.8 Å². The van der Waals surface area contributed by atoms with Crippen molar-refractivity contribution in [1.29, 1.82) is 0 Å². The molecule has 0 aromatic heterocycles. The van der Waals surface area contributed by atoms with Crippen molar-refractivity contribution in [3.63, 3.8) is 0 Å². The van der Waals surface area contributed by atoms with Gasteiger partial charge in [0.2, 0.25) is 5.91 Å². The Hall–Kier alpha value is -1.69. The molecule has 3 N–H and O–H groups in total. The minimum atomic E-state index is -2.93. The van der Waals surface area contributed by atoms with Crippen LogP contribution in [0.4, 0.5) is 14.5 Å². The lowest BCUT2D eigenvalue weighted by Gasteiger charge is -2.26. The number of ether oxygens (including phenoxy) is 1. The van der Waals surface area contributed by atoms with Gasteiger partial charge >= 0.3 is 6.61 Å². The Morgan fingerprint density at radius 3 is 2.60 bits per heavy atom. The molecule has 0 atom stereocenters. The smallest absolute Gasteiger partial charge is 0.387 e. The maximum absolute atomic E-state index is 12.4. The molecule has 1 amide bonds. The molecule has 0 bridgehead atoms. The van der Waals surface area contributed by atoms with E-state index in [0.29, 0.717) is 0 Å². The number of anilines is 1. The number of benzene rings is 1. The summed E-state index contributed by atoms with van der Waals surface area (Å²) in [6.07, 6.45) is 3.38. The van der Waals surface area contributed by atoms with Crippen LogP contribution >= 0.6 is 0 Å². The third kappa shape index (κ3) is 3.07. The molecule has 1 aliphatic rings. The first-order valence-corrected chi connectivity index (χ1v) is 6.63. The van der Waals surface area contributed by atoms with E-state index in [4.69, 9.17) is 5.73 Å². The number of halogens is 2. The highest BCUT2D eigenvalue weighted by Crippen LogP contribution is 2.39. The van der Waals surface area contributed by atoms with Crippen LogP contribution < -0.4 is 15.8 Å². The zero-order chi connectivity index (χ0) is 14.6. The van der Waals surface area contributed by atoms with E-state index in [-0.39, 0.29) is 23.9 Å². The summed E-state index contributed by atoms with van der Waals surface area (Å²) in [6, 6.07) is 6.15. The van der Waals surface area contributed by atoms with Crippen molar-refractivity contribution in [3.05, 3.63) is 24.3 Å². The van der Waals surface area contributed by atoms with Crippen molar-refractivity contribution in [3.8, 4) is 5.75 Å². The summed E-state index contributed by atoms with van der Waals surface area (Å²) < 4.78 is 29.0.